The number of benzene rings is 1. The van der Waals surface area contributed by atoms with E-state index in [0.717, 1.165) is 4.90 Å². The molecule has 4 amide bonds. The highest BCUT2D eigenvalue weighted by molar-refractivity contribution is 6.39. The number of furan rings is 1. The Morgan fingerprint density at radius 1 is 1.03 bits per heavy atom. The van der Waals surface area contributed by atoms with Crippen LogP contribution >= 0.6 is 0 Å². The summed E-state index contributed by atoms with van der Waals surface area (Å²) in [5.41, 5.74) is 0.128. The first kappa shape index (κ1) is 18.8. The zero-order chi connectivity index (χ0) is 20.4. The van der Waals surface area contributed by atoms with E-state index in [0.29, 0.717) is 49.4 Å². The number of methoxy groups -OCH3 is 1. The minimum absolute atomic E-state index is 0.191. The highest BCUT2D eigenvalue weighted by atomic mass is 16.5. The largest absolute Gasteiger partial charge is 0.497 e. The number of nitrogens with zero attached hydrogens (tertiary/aromatic N) is 2. The second-order valence-corrected chi connectivity index (χ2v) is 6.43. The molecule has 2 aromatic rings. The zero-order valence-corrected chi connectivity index (χ0v) is 15.7. The Balaban J connectivity index is 1.60. The molecule has 0 radical (unpaired) electrons. The number of nitrogens with one attached hydrogen (secondary N) is 1. The minimum Gasteiger partial charge on any atom is -0.497 e. The van der Waals surface area contributed by atoms with Gasteiger partial charge in [0.05, 0.1) is 26.0 Å². The van der Waals surface area contributed by atoms with Crippen LogP contribution in [0.4, 0.5) is 16.4 Å². The number of rotatable bonds is 4. The number of barbiturate groups is 1. The number of hydrogen-bond acceptors (Lipinski definition) is 7. The Hall–Kier alpha value is -3.59. The van der Waals surface area contributed by atoms with Crippen molar-refractivity contribution in [1.29, 1.82) is 0 Å². The average molecular weight is 397 g/mol. The van der Waals surface area contributed by atoms with Gasteiger partial charge in [0, 0.05) is 19.2 Å². The molecule has 3 heterocycles. The summed E-state index contributed by atoms with van der Waals surface area (Å²) in [5, 5.41) is 2.19. The fourth-order valence-electron chi connectivity index (χ4n) is 3.14. The molecule has 4 rings (SSSR count). The van der Waals surface area contributed by atoms with Gasteiger partial charge in [-0.05, 0) is 36.4 Å². The first-order valence-electron chi connectivity index (χ1n) is 9.05. The maximum atomic E-state index is 12.9. The van der Waals surface area contributed by atoms with Crippen molar-refractivity contribution >= 4 is 35.5 Å². The van der Waals surface area contributed by atoms with Crippen LogP contribution in [-0.2, 0) is 14.3 Å². The number of carbonyl (C=O) groups is 3. The number of urea groups is 1. The Labute approximate surface area is 166 Å². The molecule has 1 N–H and O–H groups in total. The summed E-state index contributed by atoms with van der Waals surface area (Å²) >= 11 is 0. The normalized spacial score (nSPS) is 18.9. The lowest BCUT2D eigenvalue weighted by atomic mass is 10.1. The van der Waals surface area contributed by atoms with E-state index < -0.39 is 17.8 Å². The third kappa shape index (κ3) is 3.72. The third-order valence-corrected chi connectivity index (χ3v) is 4.65. The first-order valence-corrected chi connectivity index (χ1v) is 9.05. The number of imide groups is 2. The van der Waals surface area contributed by atoms with E-state index in [1.165, 1.54) is 13.2 Å². The lowest BCUT2D eigenvalue weighted by Gasteiger charge is -2.26. The quantitative estimate of drug-likeness (QED) is 0.620. The lowest BCUT2D eigenvalue weighted by molar-refractivity contribution is -0.122. The molecule has 0 atom stereocenters. The van der Waals surface area contributed by atoms with Crippen molar-refractivity contribution in [2.24, 2.45) is 0 Å². The highest BCUT2D eigenvalue weighted by Crippen LogP contribution is 2.26. The Morgan fingerprint density at radius 2 is 1.76 bits per heavy atom. The molecule has 0 saturated carbocycles. The molecular weight excluding hydrogens is 378 g/mol. The number of morpholine rings is 1. The van der Waals surface area contributed by atoms with Gasteiger partial charge in [-0.15, -0.1) is 0 Å². The monoisotopic (exact) mass is 397 g/mol. The summed E-state index contributed by atoms with van der Waals surface area (Å²) in [7, 11) is 1.52. The van der Waals surface area contributed by atoms with Crippen LogP contribution < -0.4 is 19.9 Å². The van der Waals surface area contributed by atoms with Crippen LogP contribution in [0.5, 0.6) is 5.75 Å². The van der Waals surface area contributed by atoms with Crippen LogP contribution in [0.2, 0.25) is 0 Å². The van der Waals surface area contributed by atoms with Gasteiger partial charge in [-0.3, -0.25) is 14.9 Å². The lowest BCUT2D eigenvalue weighted by Crippen LogP contribution is -2.54. The molecule has 2 aliphatic heterocycles. The topological polar surface area (TPSA) is 101 Å². The van der Waals surface area contributed by atoms with E-state index in [4.69, 9.17) is 13.9 Å². The number of hydrogen-bond donors (Lipinski definition) is 1. The van der Waals surface area contributed by atoms with Gasteiger partial charge in [0.1, 0.15) is 17.1 Å². The molecule has 9 nitrogen and oxygen atoms in total. The van der Waals surface area contributed by atoms with E-state index in [1.54, 1.807) is 36.4 Å². The number of carbonyl (C=O) groups excluding carboxylic acids is 3. The maximum absolute atomic E-state index is 12.9. The van der Waals surface area contributed by atoms with Gasteiger partial charge in [0.25, 0.3) is 11.8 Å². The summed E-state index contributed by atoms with van der Waals surface area (Å²) in [5.74, 6) is 0.0555. The van der Waals surface area contributed by atoms with Crippen molar-refractivity contribution in [2.45, 2.75) is 0 Å². The van der Waals surface area contributed by atoms with Crippen molar-refractivity contribution in [1.82, 2.24) is 5.32 Å². The van der Waals surface area contributed by atoms with Crippen LogP contribution in [0, 0.1) is 0 Å². The number of ether oxygens (including phenoxy) is 2. The van der Waals surface area contributed by atoms with Crippen LogP contribution in [0.3, 0.4) is 0 Å². The van der Waals surface area contributed by atoms with Crippen molar-refractivity contribution < 1.29 is 28.3 Å². The Kier molecular flexibility index (Phi) is 5.05. The van der Waals surface area contributed by atoms with Crippen molar-refractivity contribution in [2.75, 3.05) is 43.2 Å². The molecule has 2 fully saturated rings. The number of anilines is 2. The predicted molar refractivity (Wildman–Crippen MR) is 104 cm³/mol. The fourth-order valence-corrected chi connectivity index (χ4v) is 3.14. The van der Waals surface area contributed by atoms with Crippen LogP contribution in [0.15, 0.2) is 46.4 Å². The summed E-state index contributed by atoms with van der Waals surface area (Å²) in [6.45, 7) is 2.61. The summed E-state index contributed by atoms with van der Waals surface area (Å²) in [6, 6.07) is 9.01. The van der Waals surface area contributed by atoms with Gasteiger partial charge in [0.2, 0.25) is 0 Å². The molecule has 1 aromatic heterocycles. The zero-order valence-electron chi connectivity index (χ0n) is 15.7. The van der Waals surface area contributed by atoms with Gasteiger partial charge in [-0.25, -0.2) is 9.69 Å². The molecule has 29 heavy (non-hydrogen) atoms. The standard InChI is InChI=1S/C20H19N3O6/c1-27-14-4-2-13(3-5-14)23-19(25)16(18(24)21-20(23)26)12-15-6-7-17(29-15)22-8-10-28-11-9-22/h2-7,12H,8-11H2,1H3,(H,21,24,26)/b16-12+. The molecule has 9 heteroatoms. The summed E-state index contributed by atoms with van der Waals surface area (Å²) < 4.78 is 16.2. The SMILES string of the molecule is COc1ccc(N2C(=O)NC(=O)/C(=C\c3ccc(N4CCOCC4)o3)C2=O)cc1. The van der Waals surface area contributed by atoms with Crippen molar-refractivity contribution in [3.05, 3.63) is 47.7 Å². The second kappa shape index (κ2) is 7.80. The van der Waals surface area contributed by atoms with Gasteiger partial charge in [0.15, 0.2) is 5.88 Å². The summed E-state index contributed by atoms with van der Waals surface area (Å²) in [6.07, 6.45) is 1.34. The smallest absolute Gasteiger partial charge is 0.335 e. The third-order valence-electron chi connectivity index (χ3n) is 4.65. The molecule has 1 aromatic carbocycles. The van der Waals surface area contributed by atoms with Crippen molar-refractivity contribution in [3.63, 3.8) is 0 Å². The highest BCUT2D eigenvalue weighted by Gasteiger charge is 2.37. The first-order chi connectivity index (χ1) is 14.1. The molecule has 0 aliphatic carbocycles. The van der Waals surface area contributed by atoms with Gasteiger partial charge in [-0.1, -0.05) is 0 Å². The molecule has 0 bridgehead atoms. The summed E-state index contributed by atoms with van der Waals surface area (Å²) in [4.78, 5) is 40.3. The minimum atomic E-state index is -0.809. The molecular formula is C20H19N3O6. The van der Waals surface area contributed by atoms with E-state index in [1.807, 2.05) is 4.90 Å². The molecule has 2 saturated heterocycles. The van der Waals surface area contributed by atoms with Gasteiger partial charge >= 0.3 is 6.03 Å². The van der Waals surface area contributed by atoms with Gasteiger partial charge in [-0.2, -0.15) is 0 Å². The van der Waals surface area contributed by atoms with Crippen LogP contribution in [0.25, 0.3) is 6.08 Å². The average Bonchev–Trinajstić information content (AvgIpc) is 3.21. The molecule has 0 unspecified atom stereocenters. The van der Waals surface area contributed by atoms with E-state index in [2.05, 4.69) is 5.32 Å². The van der Waals surface area contributed by atoms with Gasteiger partial charge < -0.3 is 18.8 Å². The molecule has 150 valence electrons. The van der Waals surface area contributed by atoms with E-state index in [9.17, 15) is 14.4 Å². The molecule has 0 spiro atoms. The van der Waals surface area contributed by atoms with Crippen LogP contribution in [-0.4, -0.2) is 51.3 Å². The van der Waals surface area contributed by atoms with Crippen molar-refractivity contribution in [3.8, 4) is 5.75 Å². The maximum Gasteiger partial charge on any atom is 0.335 e. The Bertz CT molecular complexity index is 972. The van der Waals surface area contributed by atoms with E-state index >= 15 is 0 Å². The Morgan fingerprint density at radius 3 is 2.45 bits per heavy atom. The second-order valence-electron chi connectivity index (χ2n) is 6.43. The molecule has 2 aliphatic rings. The fraction of sp³-hybridized carbons (Fsp3) is 0.250. The van der Waals surface area contributed by atoms with E-state index in [-0.39, 0.29) is 5.57 Å². The number of amides is 4. The predicted octanol–water partition coefficient (Wildman–Crippen LogP) is 1.79. The van der Waals surface area contributed by atoms with Crippen LogP contribution in [0.1, 0.15) is 5.76 Å².